The van der Waals surface area contributed by atoms with Crippen molar-refractivity contribution < 1.29 is 4.74 Å². The zero-order chi connectivity index (χ0) is 10.0. The van der Waals surface area contributed by atoms with Gasteiger partial charge in [0.2, 0.25) is 0 Å². The van der Waals surface area contributed by atoms with Crippen molar-refractivity contribution in [3.8, 4) is 0 Å². The molecule has 1 aliphatic rings. The normalized spacial score (nSPS) is 30.7. The summed E-state index contributed by atoms with van der Waals surface area (Å²) >= 11 is 0. The summed E-state index contributed by atoms with van der Waals surface area (Å²) in [6.07, 6.45) is 0. The van der Waals surface area contributed by atoms with Gasteiger partial charge >= 0.3 is 0 Å². The van der Waals surface area contributed by atoms with Crippen molar-refractivity contribution in [1.82, 2.24) is 5.32 Å². The maximum Gasteiger partial charge on any atom is 0.142 e. The van der Waals surface area contributed by atoms with Gasteiger partial charge in [0.1, 0.15) is 5.72 Å². The van der Waals surface area contributed by atoms with Gasteiger partial charge in [0.25, 0.3) is 0 Å². The summed E-state index contributed by atoms with van der Waals surface area (Å²) < 4.78 is 5.85. The highest BCUT2D eigenvalue weighted by molar-refractivity contribution is 5.85. The summed E-state index contributed by atoms with van der Waals surface area (Å²) in [5.74, 6) is 0.604. The van der Waals surface area contributed by atoms with E-state index in [4.69, 9.17) is 4.74 Å². The largest absolute Gasteiger partial charge is 0.356 e. The minimum atomic E-state index is -0.298. The SMILES string of the molecule is CC1CNC(C)(c2ccccc2)OC1.Cl. The molecule has 1 saturated heterocycles. The number of hydrogen-bond acceptors (Lipinski definition) is 2. The van der Waals surface area contributed by atoms with Crippen molar-refractivity contribution in [2.24, 2.45) is 5.92 Å². The first kappa shape index (κ1) is 12.5. The molecule has 0 radical (unpaired) electrons. The van der Waals surface area contributed by atoms with E-state index in [1.54, 1.807) is 0 Å². The second-order valence-electron chi connectivity index (χ2n) is 4.20. The average molecular weight is 228 g/mol. The molecule has 0 amide bonds. The van der Waals surface area contributed by atoms with Crippen LogP contribution in [0.25, 0.3) is 0 Å². The lowest BCUT2D eigenvalue weighted by molar-refractivity contribution is -0.106. The van der Waals surface area contributed by atoms with Crippen LogP contribution in [0.3, 0.4) is 0 Å². The molecule has 2 rings (SSSR count). The molecule has 0 spiro atoms. The summed E-state index contributed by atoms with van der Waals surface area (Å²) in [6, 6.07) is 10.3. The van der Waals surface area contributed by atoms with Gasteiger partial charge in [-0.15, -0.1) is 12.4 Å². The first-order chi connectivity index (χ1) is 6.71. The molecule has 2 unspecified atom stereocenters. The summed E-state index contributed by atoms with van der Waals surface area (Å²) in [4.78, 5) is 0. The number of benzene rings is 1. The first-order valence-corrected chi connectivity index (χ1v) is 5.15. The standard InChI is InChI=1S/C12H17NO.ClH/c1-10-8-13-12(2,14-9-10)11-6-4-3-5-7-11;/h3-7,10,13H,8-9H2,1-2H3;1H. The Hall–Kier alpha value is -0.570. The summed E-state index contributed by atoms with van der Waals surface area (Å²) in [6.45, 7) is 6.13. The van der Waals surface area contributed by atoms with Gasteiger partial charge in [-0.05, 0) is 18.4 Å². The molecule has 0 aliphatic carbocycles. The predicted molar refractivity (Wildman–Crippen MR) is 64.2 cm³/mol. The minimum Gasteiger partial charge on any atom is -0.356 e. The van der Waals surface area contributed by atoms with E-state index in [2.05, 4.69) is 31.3 Å². The third-order valence-electron chi connectivity index (χ3n) is 2.77. The fourth-order valence-corrected chi connectivity index (χ4v) is 1.73. The van der Waals surface area contributed by atoms with Crippen molar-refractivity contribution in [2.45, 2.75) is 19.6 Å². The molecule has 84 valence electrons. The van der Waals surface area contributed by atoms with Crippen LogP contribution in [0.2, 0.25) is 0 Å². The molecule has 0 saturated carbocycles. The zero-order valence-electron chi connectivity index (χ0n) is 9.19. The highest BCUT2D eigenvalue weighted by Crippen LogP contribution is 2.25. The van der Waals surface area contributed by atoms with E-state index in [1.165, 1.54) is 5.56 Å². The number of rotatable bonds is 1. The van der Waals surface area contributed by atoms with Gasteiger partial charge in [-0.3, -0.25) is 5.32 Å². The second-order valence-corrected chi connectivity index (χ2v) is 4.20. The van der Waals surface area contributed by atoms with Gasteiger partial charge in [0.15, 0.2) is 0 Å². The van der Waals surface area contributed by atoms with Crippen LogP contribution >= 0.6 is 12.4 Å². The fourth-order valence-electron chi connectivity index (χ4n) is 1.73. The Balaban J connectivity index is 0.00000112. The Labute approximate surface area is 97.4 Å². The van der Waals surface area contributed by atoms with Gasteiger partial charge in [-0.1, -0.05) is 37.3 Å². The molecular formula is C12H18ClNO. The van der Waals surface area contributed by atoms with E-state index in [1.807, 2.05) is 18.2 Å². The topological polar surface area (TPSA) is 21.3 Å². The summed E-state index contributed by atoms with van der Waals surface area (Å²) in [7, 11) is 0. The van der Waals surface area contributed by atoms with E-state index < -0.39 is 0 Å². The van der Waals surface area contributed by atoms with Crippen LogP contribution < -0.4 is 5.32 Å². The van der Waals surface area contributed by atoms with Crippen molar-refractivity contribution in [2.75, 3.05) is 13.2 Å². The molecule has 1 aromatic rings. The van der Waals surface area contributed by atoms with Crippen LogP contribution in [0.1, 0.15) is 19.4 Å². The van der Waals surface area contributed by atoms with Crippen LogP contribution in [-0.4, -0.2) is 13.2 Å². The molecule has 1 fully saturated rings. The molecule has 2 nitrogen and oxygen atoms in total. The van der Waals surface area contributed by atoms with Crippen molar-refractivity contribution in [3.63, 3.8) is 0 Å². The first-order valence-electron chi connectivity index (χ1n) is 5.15. The Morgan fingerprint density at radius 3 is 2.53 bits per heavy atom. The van der Waals surface area contributed by atoms with Crippen LogP contribution in [0.5, 0.6) is 0 Å². The number of ether oxygens (including phenoxy) is 1. The molecule has 2 atom stereocenters. The average Bonchev–Trinajstić information content (AvgIpc) is 2.24. The quantitative estimate of drug-likeness (QED) is 0.796. The zero-order valence-corrected chi connectivity index (χ0v) is 10.0. The van der Waals surface area contributed by atoms with Gasteiger partial charge < -0.3 is 4.74 Å². The Bertz CT molecular complexity index is 294. The molecule has 1 aliphatic heterocycles. The van der Waals surface area contributed by atoms with Crippen LogP contribution in [0.15, 0.2) is 30.3 Å². The van der Waals surface area contributed by atoms with E-state index in [0.717, 1.165) is 13.2 Å². The summed E-state index contributed by atoms with van der Waals surface area (Å²) in [5, 5.41) is 3.44. The van der Waals surface area contributed by atoms with Gasteiger partial charge in [-0.2, -0.15) is 0 Å². The highest BCUT2D eigenvalue weighted by Gasteiger charge is 2.31. The summed E-state index contributed by atoms with van der Waals surface area (Å²) in [5.41, 5.74) is 0.903. The number of halogens is 1. The van der Waals surface area contributed by atoms with Crippen molar-refractivity contribution in [1.29, 1.82) is 0 Å². The lowest BCUT2D eigenvalue weighted by Gasteiger charge is -2.38. The van der Waals surface area contributed by atoms with Gasteiger partial charge in [0, 0.05) is 6.54 Å². The second kappa shape index (κ2) is 4.97. The Morgan fingerprint density at radius 1 is 1.33 bits per heavy atom. The Morgan fingerprint density at radius 2 is 2.00 bits per heavy atom. The van der Waals surface area contributed by atoms with E-state index in [0.29, 0.717) is 5.92 Å². The lowest BCUT2D eigenvalue weighted by Crippen LogP contribution is -2.49. The molecule has 1 N–H and O–H groups in total. The molecule has 15 heavy (non-hydrogen) atoms. The minimum absolute atomic E-state index is 0. The fraction of sp³-hybridized carbons (Fsp3) is 0.500. The van der Waals surface area contributed by atoms with Gasteiger partial charge in [-0.25, -0.2) is 0 Å². The van der Waals surface area contributed by atoms with Crippen molar-refractivity contribution >= 4 is 12.4 Å². The van der Waals surface area contributed by atoms with Crippen LogP contribution in [-0.2, 0) is 10.5 Å². The highest BCUT2D eigenvalue weighted by atomic mass is 35.5. The Kier molecular flexibility index (Phi) is 4.14. The van der Waals surface area contributed by atoms with E-state index in [9.17, 15) is 0 Å². The smallest absolute Gasteiger partial charge is 0.142 e. The van der Waals surface area contributed by atoms with Crippen LogP contribution in [0.4, 0.5) is 0 Å². The molecule has 0 bridgehead atoms. The van der Waals surface area contributed by atoms with Crippen molar-refractivity contribution in [3.05, 3.63) is 35.9 Å². The number of hydrogen-bond donors (Lipinski definition) is 1. The molecule has 3 heteroatoms. The monoisotopic (exact) mass is 227 g/mol. The number of nitrogens with one attached hydrogen (secondary N) is 1. The predicted octanol–water partition coefficient (Wildman–Crippen LogP) is 2.54. The molecular weight excluding hydrogens is 210 g/mol. The van der Waals surface area contributed by atoms with E-state index in [-0.39, 0.29) is 18.1 Å². The molecule has 0 aromatic heterocycles. The molecule has 1 heterocycles. The third kappa shape index (κ3) is 2.71. The maximum atomic E-state index is 5.85. The molecule has 1 aromatic carbocycles. The van der Waals surface area contributed by atoms with Gasteiger partial charge in [0.05, 0.1) is 6.61 Å². The lowest BCUT2D eigenvalue weighted by atomic mass is 10.0. The maximum absolute atomic E-state index is 5.85. The van der Waals surface area contributed by atoms with Crippen LogP contribution in [0, 0.1) is 5.92 Å². The van der Waals surface area contributed by atoms with E-state index >= 15 is 0 Å². The third-order valence-corrected chi connectivity index (χ3v) is 2.77.